The van der Waals surface area contributed by atoms with Gasteiger partial charge in [-0.2, -0.15) is 0 Å². The van der Waals surface area contributed by atoms with E-state index in [0.717, 1.165) is 30.3 Å². The quantitative estimate of drug-likeness (QED) is 0.907. The highest BCUT2D eigenvalue weighted by Gasteiger charge is 2.34. The first-order chi connectivity index (χ1) is 7.98. The predicted molar refractivity (Wildman–Crippen MR) is 74.1 cm³/mol. The summed E-state index contributed by atoms with van der Waals surface area (Å²) in [6.07, 6.45) is 2.47. The van der Waals surface area contributed by atoms with E-state index in [4.69, 9.17) is 0 Å². The Bertz CT molecular complexity index is 396. The fourth-order valence-corrected chi connectivity index (χ4v) is 3.05. The Labute approximate surface area is 112 Å². The summed E-state index contributed by atoms with van der Waals surface area (Å²) in [6.45, 7) is 3.16. The van der Waals surface area contributed by atoms with Gasteiger partial charge in [0.2, 0.25) is 0 Å². The van der Waals surface area contributed by atoms with Crippen molar-refractivity contribution in [1.29, 1.82) is 0 Å². The van der Waals surface area contributed by atoms with E-state index in [1.54, 1.807) is 0 Å². The van der Waals surface area contributed by atoms with Crippen molar-refractivity contribution in [3.8, 4) is 0 Å². The minimum absolute atomic E-state index is 0.459. The van der Waals surface area contributed by atoms with Gasteiger partial charge >= 0.3 is 0 Å². The van der Waals surface area contributed by atoms with Crippen LogP contribution in [0.3, 0.4) is 0 Å². The van der Waals surface area contributed by atoms with Gasteiger partial charge in [0.15, 0.2) is 0 Å². The highest BCUT2D eigenvalue weighted by molar-refractivity contribution is 9.10. The molecule has 94 valence electrons. The molecular weight excluding hydrogens is 278 g/mol. The van der Waals surface area contributed by atoms with Crippen LogP contribution in [0.4, 0.5) is 0 Å². The molecule has 1 heterocycles. The van der Waals surface area contributed by atoms with Gasteiger partial charge in [-0.1, -0.05) is 28.1 Å². The number of aliphatic hydroxyl groups is 1. The van der Waals surface area contributed by atoms with Gasteiger partial charge in [0.05, 0.1) is 5.60 Å². The molecule has 17 heavy (non-hydrogen) atoms. The first-order valence-electron chi connectivity index (χ1n) is 6.16. The monoisotopic (exact) mass is 297 g/mol. The fourth-order valence-electron chi connectivity index (χ4n) is 2.60. The molecule has 1 saturated heterocycles. The van der Waals surface area contributed by atoms with Crippen molar-refractivity contribution in [3.05, 3.63) is 34.3 Å². The summed E-state index contributed by atoms with van der Waals surface area (Å²) in [5.74, 6) is 0. The van der Waals surface area contributed by atoms with Crippen molar-refractivity contribution in [3.63, 3.8) is 0 Å². The first kappa shape index (κ1) is 13.1. The van der Waals surface area contributed by atoms with Gasteiger partial charge in [-0.05, 0) is 44.5 Å². The van der Waals surface area contributed by atoms with Crippen LogP contribution in [0.25, 0.3) is 0 Å². The molecule has 2 nitrogen and oxygen atoms in total. The van der Waals surface area contributed by atoms with Gasteiger partial charge in [-0.3, -0.25) is 0 Å². The lowest BCUT2D eigenvalue weighted by Gasteiger charge is -2.41. The molecule has 0 spiro atoms. The van der Waals surface area contributed by atoms with Crippen molar-refractivity contribution in [2.24, 2.45) is 0 Å². The third kappa shape index (κ3) is 3.30. The Morgan fingerprint density at radius 1 is 1.53 bits per heavy atom. The second kappa shape index (κ2) is 5.09. The number of piperidine rings is 1. The zero-order valence-electron chi connectivity index (χ0n) is 10.5. The fraction of sp³-hybridized carbons (Fsp3) is 0.571. The van der Waals surface area contributed by atoms with Gasteiger partial charge in [0, 0.05) is 23.5 Å². The van der Waals surface area contributed by atoms with Gasteiger partial charge in [0.1, 0.15) is 0 Å². The summed E-state index contributed by atoms with van der Waals surface area (Å²) in [5.41, 5.74) is 0.672. The smallest absolute Gasteiger partial charge is 0.0714 e. The number of nitrogens with zero attached hydrogens (tertiary/aromatic N) is 1. The number of hydrogen-bond acceptors (Lipinski definition) is 2. The van der Waals surface area contributed by atoms with Crippen molar-refractivity contribution < 1.29 is 5.11 Å². The van der Waals surface area contributed by atoms with Gasteiger partial charge in [-0.15, -0.1) is 0 Å². The molecule has 1 aliphatic rings. The van der Waals surface area contributed by atoms with Crippen molar-refractivity contribution in [2.75, 3.05) is 13.6 Å². The van der Waals surface area contributed by atoms with Crippen LogP contribution in [0.5, 0.6) is 0 Å². The van der Waals surface area contributed by atoms with E-state index in [-0.39, 0.29) is 0 Å². The Morgan fingerprint density at radius 2 is 2.29 bits per heavy atom. The minimum atomic E-state index is -0.535. The van der Waals surface area contributed by atoms with Crippen LogP contribution in [0.15, 0.2) is 28.7 Å². The summed E-state index contributed by atoms with van der Waals surface area (Å²) in [7, 11) is 2.13. The maximum atomic E-state index is 10.7. The average Bonchev–Trinajstić information content (AvgIpc) is 2.24. The van der Waals surface area contributed by atoms with Crippen LogP contribution in [0.1, 0.15) is 25.3 Å². The predicted octanol–water partition coefficient (Wildman–Crippen LogP) is 2.84. The molecule has 1 aromatic carbocycles. The molecule has 2 atom stereocenters. The van der Waals surface area contributed by atoms with Crippen LogP contribution in [0, 0.1) is 0 Å². The molecule has 3 heteroatoms. The highest BCUT2D eigenvalue weighted by atomic mass is 79.9. The summed E-state index contributed by atoms with van der Waals surface area (Å²) < 4.78 is 1.08. The Morgan fingerprint density at radius 3 is 2.94 bits per heavy atom. The molecule has 1 aromatic rings. The van der Waals surface area contributed by atoms with Crippen molar-refractivity contribution >= 4 is 15.9 Å². The van der Waals surface area contributed by atoms with E-state index in [1.807, 2.05) is 12.1 Å². The normalized spacial score (nSPS) is 30.5. The second-order valence-electron chi connectivity index (χ2n) is 5.31. The molecule has 2 unspecified atom stereocenters. The summed E-state index contributed by atoms with van der Waals surface area (Å²) >= 11 is 3.48. The van der Waals surface area contributed by atoms with E-state index in [9.17, 15) is 5.11 Å². The molecule has 0 amide bonds. The van der Waals surface area contributed by atoms with Crippen LogP contribution < -0.4 is 0 Å². The largest absolute Gasteiger partial charge is 0.389 e. The highest BCUT2D eigenvalue weighted by Crippen LogP contribution is 2.29. The maximum Gasteiger partial charge on any atom is 0.0714 e. The lowest BCUT2D eigenvalue weighted by molar-refractivity contribution is -0.0353. The summed E-state index contributed by atoms with van der Waals surface area (Å²) in [6, 6.07) is 8.69. The molecule has 0 bridgehead atoms. The molecule has 0 aromatic heterocycles. The standard InChI is InChI=1S/C14H20BrNO/c1-11-9-14(17,6-7-16(11)2)10-12-4-3-5-13(15)8-12/h3-5,8,11,17H,6-7,9-10H2,1-2H3. The van der Waals surface area contributed by atoms with Gasteiger partial charge < -0.3 is 10.0 Å². The number of likely N-dealkylation sites (tertiary alicyclic amines) is 1. The molecule has 0 aliphatic carbocycles. The Balaban J connectivity index is 2.07. The van der Waals surface area contributed by atoms with Gasteiger partial charge in [0.25, 0.3) is 0 Å². The lowest BCUT2D eigenvalue weighted by Crippen LogP contribution is -2.48. The third-order valence-corrected chi connectivity index (χ3v) is 4.27. The van der Waals surface area contributed by atoms with Crippen molar-refractivity contribution in [2.45, 2.75) is 37.8 Å². The van der Waals surface area contributed by atoms with E-state index >= 15 is 0 Å². The molecule has 1 fully saturated rings. The number of rotatable bonds is 2. The second-order valence-corrected chi connectivity index (χ2v) is 6.23. The Hall–Kier alpha value is -0.380. The Kier molecular flexibility index (Phi) is 3.91. The van der Waals surface area contributed by atoms with Crippen LogP contribution in [-0.4, -0.2) is 35.2 Å². The van der Waals surface area contributed by atoms with Gasteiger partial charge in [-0.25, -0.2) is 0 Å². The molecule has 1 aliphatic heterocycles. The van der Waals surface area contributed by atoms with E-state index in [1.165, 1.54) is 5.56 Å². The topological polar surface area (TPSA) is 23.5 Å². The number of benzene rings is 1. The van der Waals surface area contributed by atoms with E-state index < -0.39 is 5.60 Å². The van der Waals surface area contributed by atoms with E-state index in [2.05, 4.69) is 46.9 Å². The van der Waals surface area contributed by atoms with Crippen LogP contribution in [0.2, 0.25) is 0 Å². The summed E-state index contributed by atoms with van der Waals surface area (Å²) in [5, 5.41) is 10.7. The first-order valence-corrected chi connectivity index (χ1v) is 6.95. The van der Waals surface area contributed by atoms with Crippen molar-refractivity contribution in [1.82, 2.24) is 4.90 Å². The number of hydrogen-bond donors (Lipinski definition) is 1. The molecular formula is C14H20BrNO. The molecule has 2 rings (SSSR count). The average molecular weight is 298 g/mol. The maximum absolute atomic E-state index is 10.7. The number of halogens is 1. The van der Waals surface area contributed by atoms with E-state index in [0.29, 0.717) is 6.04 Å². The molecule has 0 saturated carbocycles. The molecule has 1 N–H and O–H groups in total. The zero-order valence-corrected chi connectivity index (χ0v) is 12.1. The SMILES string of the molecule is CC1CC(O)(Cc2cccc(Br)c2)CCN1C. The summed E-state index contributed by atoms with van der Waals surface area (Å²) in [4.78, 5) is 2.31. The van der Waals surface area contributed by atoms with Crippen LogP contribution >= 0.6 is 15.9 Å². The minimum Gasteiger partial charge on any atom is -0.389 e. The third-order valence-electron chi connectivity index (χ3n) is 3.78. The molecule has 0 radical (unpaired) electrons. The zero-order chi connectivity index (χ0) is 12.5. The van der Waals surface area contributed by atoms with Crippen LogP contribution in [-0.2, 0) is 6.42 Å². The lowest BCUT2D eigenvalue weighted by atomic mass is 9.82.